The van der Waals surface area contributed by atoms with E-state index in [-0.39, 0.29) is 25.4 Å². The molecule has 0 aliphatic carbocycles. The Balaban J connectivity index is 0.00000302. The fourth-order valence-corrected chi connectivity index (χ4v) is 5.95. The molecule has 0 saturated carbocycles. The number of benzene rings is 1. The average molecular weight is 606 g/mol. The quantitative estimate of drug-likeness (QED) is 0.157. The first-order valence-corrected chi connectivity index (χ1v) is 13.7. The van der Waals surface area contributed by atoms with Crippen LogP contribution in [0, 0.1) is 6.92 Å². The number of hydrogen-bond acceptors (Lipinski definition) is 5. The van der Waals surface area contributed by atoms with Crippen LogP contribution in [0.25, 0.3) is 67.9 Å². The summed E-state index contributed by atoms with van der Waals surface area (Å²) in [5.41, 5.74) is 10.7. The number of aromatic nitrogens is 4. The molecule has 0 unspecified atom stereocenters. The van der Waals surface area contributed by atoms with Gasteiger partial charge in [0, 0.05) is 37.4 Å². The van der Waals surface area contributed by atoms with E-state index in [1.54, 1.807) is 23.5 Å². The molecule has 0 fully saturated rings. The molecule has 1 aromatic carbocycles. The second kappa shape index (κ2) is 10.9. The maximum absolute atomic E-state index is 12.1. The van der Waals surface area contributed by atoms with E-state index < -0.39 is 0 Å². The van der Waals surface area contributed by atoms with E-state index in [1.165, 1.54) is 12.0 Å². The number of carbonyl (C=O) groups is 1. The molecule has 0 radical (unpaired) electrons. The number of aryl methyl sites for hydroxylation is 1. The van der Waals surface area contributed by atoms with Crippen LogP contribution < -0.4 is 0 Å². The maximum Gasteiger partial charge on any atom is 2.00 e. The molecule has 0 saturated heterocycles. The Morgan fingerprint density at radius 3 is 2.07 bits per heavy atom. The molecule has 194 valence electrons. The number of thiophene rings is 1. The first-order valence-electron chi connectivity index (χ1n) is 12.9. The van der Waals surface area contributed by atoms with Crippen molar-refractivity contribution >= 4 is 63.7 Å². The summed E-state index contributed by atoms with van der Waals surface area (Å²) in [6.07, 6.45) is 8.11. The largest absolute Gasteiger partial charge is 2.00 e. The number of fused-ring (bicyclic) bond motifs is 8. The van der Waals surface area contributed by atoms with Crippen LogP contribution in [0.15, 0.2) is 72.8 Å². The molecular formula is C33H24N4O2SZn+2. The van der Waals surface area contributed by atoms with E-state index in [2.05, 4.69) is 41.2 Å². The molecule has 4 aromatic heterocycles. The molecular weight excluding hydrogens is 582 g/mol. The van der Waals surface area contributed by atoms with Crippen LogP contribution in [0.3, 0.4) is 0 Å². The minimum absolute atomic E-state index is 0. The van der Waals surface area contributed by atoms with E-state index >= 15 is 0 Å². The summed E-state index contributed by atoms with van der Waals surface area (Å²) in [6, 6.07) is 24.2. The Bertz CT molecular complexity index is 2030. The van der Waals surface area contributed by atoms with Crippen molar-refractivity contribution in [2.45, 2.75) is 6.92 Å². The first-order chi connectivity index (χ1) is 19.5. The maximum atomic E-state index is 12.1. The van der Waals surface area contributed by atoms with Crippen molar-refractivity contribution in [1.29, 1.82) is 0 Å². The zero-order valence-corrected chi connectivity index (χ0v) is 26.3. The monoisotopic (exact) mass is 604 g/mol. The van der Waals surface area contributed by atoms with Crippen LogP contribution in [-0.4, -0.2) is 33.0 Å². The minimum atomic E-state index is -0.367. The van der Waals surface area contributed by atoms with Crippen molar-refractivity contribution in [3.63, 3.8) is 0 Å². The van der Waals surface area contributed by atoms with E-state index in [1.807, 2.05) is 60.7 Å². The predicted octanol–water partition coefficient (Wildman–Crippen LogP) is 8.14. The summed E-state index contributed by atoms with van der Waals surface area (Å²) < 4.78 is 4.92. The number of aromatic amines is 2. The second-order valence-corrected chi connectivity index (χ2v) is 11.0. The van der Waals surface area contributed by atoms with Crippen molar-refractivity contribution < 1.29 is 29.0 Å². The van der Waals surface area contributed by atoms with Gasteiger partial charge in [-0.25, -0.2) is 14.8 Å². The van der Waals surface area contributed by atoms with Crippen molar-refractivity contribution in [3.8, 4) is 21.6 Å². The minimum Gasteiger partial charge on any atom is -0.465 e. The third-order valence-electron chi connectivity index (χ3n) is 6.93. The third-order valence-corrected chi connectivity index (χ3v) is 7.96. The molecule has 6 heterocycles. The van der Waals surface area contributed by atoms with Gasteiger partial charge in [0.25, 0.3) is 0 Å². The van der Waals surface area contributed by atoms with Gasteiger partial charge in [-0.3, -0.25) is 0 Å². The van der Waals surface area contributed by atoms with Crippen molar-refractivity contribution in [2.75, 3.05) is 7.11 Å². The molecule has 5 aromatic rings. The third kappa shape index (κ3) is 5.24. The average Bonchev–Trinajstić information content (AvgIpc) is 3.79. The van der Waals surface area contributed by atoms with Crippen LogP contribution in [0.4, 0.5) is 0 Å². The fraction of sp³-hybridized carbons (Fsp3) is 0.0606. The summed E-state index contributed by atoms with van der Waals surface area (Å²) in [7, 11) is 1.39. The Morgan fingerprint density at radius 2 is 1.41 bits per heavy atom. The van der Waals surface area contributed by atoms with Gasteiger partial charge in [-0.05, 0) is 97.5 Å². The molecule has 6 nitrogen and oxygen atoms in total. The number of nitrogens with zero attached hydrogens (tertiary/aromatic N) is 2. The molecule has 2 aliphatic rings. The van der Waals surface area contributed by atoms with Crippen LogP contribution in [0.1, 0.15) is 38.0 Å². The van der Waals surface area contributed by atoms with E-state index in [0.717, 1.165) is 66.4 Å². The van der Waals surface area contributed by atoms with E-state index in [0.29, 0.717) is 5.56 Å². The summed E-state index contributed by atoms with van der Waals surface area (Å²) in [4.78, 5) is 31.5. The van der Waals surface area contributed by atoms with Gasteiger partial charge in [0.15, 0.2) is 0 Å². The summed E-state index contributed by atoms with van der Waals surface area (Å²) >= 11 is 1.75. The predicted molar refractivity (Wildman–Crippen MR) is 164 cm³/mol. The van der Waals surface area contributed by atoms with Gasteiger partial charge in [-0.15, -0.1) is 11.3 Å². The van der Waals surface area contributed by atoms with Crippen molar-refractivity contribution in [2.24, 2.45) is 0 Å². The molecule has 0 atom stereocenters. The summed E-state index contributed by atoms with van der Waals surface area (Å²) in [5.74, 6) is -0.367. The van der Waals surface area contributed by atoms with Gasteiger partial charge in [-0.1, -0.05) is 12.1 Å². The van der Waals surface area contributed by atoms with Gasteiger partial charge in [0.1, 0.15) is 0 Å². The van der Waals surface area contributed by atoms with Crippen molar-refractivity contribution in [3.05, 3.63) is 106 Å². The fourth-order valence-electron chi connectivity index (χ4n) is 5.06. The number of methoxy groups -OCH3 is 1. The molecule has 2 aliphatic heterocycles. The number of H-pyrrole nitrogens is 2. The molecule has 8 heteroatoms. The second-order valence-electron chi connectivity index (χ2n) is 9.72. The Hall–Kier alpha value is -4.39. The standard InChI is InChI=1S/C33H24N4O2S.Zn/c1-19-3-14-30(40-19)28-18-27-17-25-11-10-23(35-25)15-22-8-9-24(34-22)16-26-12-13-29(36-26)31(32(28)37-27)20-4-6-21(7-5-20)33(38)39-2;/h3-18,34,37H,1-2H3;/q;+2. The molecule has 41 heavy (non-hydrogen) atoms. The Kier molecular flexibility index (Phi) is 7.12. The summed E-state index contributed by atoms with van der Waals surface area (Å²) in [5, 5.41) is 0. The van der Waals surface area contributed by atoms with Crippen LogP contribution >= 0.6 is 11.3 Å². The molecule has 0 spiro atoms. The topological polar surface area (TPSA) is 83.7 Å². The van der Waals surface area contributed by atoms with Gasteiger partial charge in [0.2, 0.25) is 0 Å². The molecule has 2 N–H and O–H groups in total. The smallest absolute Gasteiger partial charge is 0.465 e. The van der Waals surface area contributed by atoms with E-state index in [9.17, 15) is 4.79 Å². The van der Waals surface area contributed by atoms with Crippen LogP contribution in [-0.2, 0) is 24.2 Å². The molecule has 7 rings (SSSR count). The number of ether oxygens (including phenoxy) is 1. The normalized spacial score (nSPS) is 11.9. The van der Waals surface area contributed by atoms with Gasteiger partial charge >= 0.3 is 25.4 Å². The molecule has 8 bridgehead atoms. The zero-order chi connectivity index (χ0) is 27.2. The van der Waals surface area contributed by atoms with Crippen LogP contribution in [0.5, 0.6) is 0 Å². The SMILES string of the molecule is COC(=O)c1ccc(-c2c3nc(cc4ccc(cc5nc(cc6cc(-c7ccc(C)s7)c2[nH]6)C=C5)[nH]4)C=C3)cc1.[Zn+2]. The van der Waals surface area contributed by atoms with Gasteiger partial charge < -0.3 is 14.7 Å². The number of nitrogens with one attached hydrogen (secondary N) is 2. The van der Waals surface area contributed by atoms with Gasteiger partial charge in [-0.2, -0.15) is 0 Å². The molecule has 0 amide bonds. The Morgan fingerprint density at radius 1 is 0.756 bits per heavy atom. The number of rotatable bonds is 3. The number of carbonyl (C=O) groups excluding carboxylic acids is 1. The Labute approximate surface area is 253 Å². The first kappa shape index (κ1) is 26.8. The van der Waals surface area contributed by atoms with Gasteiger partial charge in [0.05, 0.1) is 41.0 Å². The number of esters is 1. The zero-order valence-electron chi connectivity index (χ0n) is 22.6. The summed E-state index contributed by atoms with van der Waals surface area (Å²) in [6.45, 7) is 2.11. The van der Waals surface area contributed by atoms with Crippen LogP contribution in [0.2, 0.25) is 0 Å². The van der Waals surface area contributed by atoms with Crippen molar-refractivity contribution in [1.82, 2.24) is 19.9 Å². The number of hydrogen-bond donors (Lipinski definition) is 2. The van der Waals surface area contributed by atoms with E-state index in [4.69, 9.17) is 14.7 Å².